The highest BCUT2D eigenvalue weighted by molar-refractivity contribution is 5.65. The van der Waals surface area contributed by atoms with E-state index in [1.807, 2.05) is 0 Å². The van der Waals surface area contributed by atoms with Crippen LogP contribution in [0.25, 0.3) is 0 Å². The fraction of sp³-hybridized carbons (Fsp3) is 0.400. The first-order valence-electron chi connectivity index (χ1n) is 8.18. The second-order valence-corrected chi connectivity index (χ2v) is 6.64. The molecule has 0 fully saturated rings. The van der Waals surface area contributed by atoms with Crippen molar-refractivity contribution in [3.8, 4) is 0 Å². The zero-order valence-electron chi connectivity index (χ0n) is 13.0. The third-order valence-electron chi connectivity index (χ3n) is 5.50. The number of hydrogen-bond acceptors (Lipinski definition) is 1. The number of benzene rings is 2. The largest absolute Gasteiger partial charge is 0.371 e. The van der Waals surface area contributed by atoms with Gasteiger partial charge >= 0.3 is 0 Å². The molecule has 2 aliphatic rings. The Kier molecular flexibility index (Phi) is 3.02. The number of nitrogens with zero attached hydrogens (tertiary/aromatic N) is 1. The van der Waals surface area contributed by atoms with Crippen molar-refractivity contribution < 1.29 is 0 Å². The highest BCUT2D eigenvalue weighted by Crippen LogP contribution is 2.44. The molecule has 21 heavy (non-hydrogen) atoms. The van der Waals surface area contributed by atoms with Gasteiger partial charge in [0.2, 0.25) is 0 Å². The van der Waals surface area contributed by atoms with Gasteiger partial charge in [0.15, 0.2) is 0 Å². The molecule has 2 unspecified atom stereocenters. The number of fused-ring (bicyclic) bond motifs is 2. The minimum absolute atomic E-state index is 0.587. The van der Waals surface area contributed by atoms with Crippen LogP contribution in [-0.4, -0.2) is 13.1 Å². The standard InChI is InChI=1S/C20H23N/c1-14-10-11-16-7-5-9-19(20(16)21(14)2)18-13-12-15-6-3-4-8-17(15)18/h3-9,14,18H,10-13H2,1-2H3. The lowest BCUT2D eigenvalue weighted by atomic mass is 9.86. The molecule has 1 nitrogen and oxygen atoms in total. The van der Waals surface area contributed by atoms with Crippen LogP contribution in [0.15, 0.2) is 42.5 Å². The van der Waals surface area contributed by atoms with Crippen molar-refractivity contribution in [3.05, 3.63) is 64.7 Å². The Morgan fingerprint density at radius 2 is 1.57 bits per heavy atom. The third kappa shape index (κ3) is 1.98. The van der Waals surface area contributed by atoms with Crippen molar-refractivity contribution in [2.24, 2.45) is 0 Å². The van der Waals surface area contributed by atoms with Crippen molar-refractivity contribution in [2.75, 3.05) is 11.9 Å². The average molecular weight is 277 g/mol. The van der Waals surface area contributed by atoms with Gasteiger partial charge in [-0.3, -0.25) is 0 Å². The molecule has 0 radical (unpaired) electrons. The summed E-state index contributed by atoms with van der Waals surface area (Å²) in [5.41, 5.74) is 7.70. The third-order valence-corrected chi connectivity index (χ3v) is 5.50. The zero-order chi connectivity index (χ0) is 14.4. The lowest BCUT2D eigenvalue weighted by molar-refractivity contribution is 0.592. The van der Waals surface area contributed by atoms with Crippen molar-refractivity contribution in [1.82, 2.24) is 0 Å². The summed E-state index contributed by atoms with van der Waals surface area (Å²) in [6.07, 6.45) is 4.99. The second kappa shape index (κ2) is 4.91. The normalized spacial score (nSPS) is 23.8. The van der Waals surface area contributed by atoms with Crippen LogP contribution in [0.2, 0.25) is 0 Å². The number of anilines is 1. The molecule has 0 saturated heterocycles. The van der Waals surface area contributed by atoms with E-state index in [1.165, 1.54) is 36.9 Å². The van der Waals surface area contributed by atoms with Gasteiger partial charge in [0, 0.05) is 24.7 Å². The fourth-order valence-corrected chi connectivity index (χ4v) is 4.18. The van der Waals surface area contributed by atoms with Crippen LogP contribution in [0.1, 0.15) is 47.9 Å². The molecule has 0 bridgehead atoms. The quantitative estimate of drug-likeness (QED) is 0.740. The van der Waals surface area contributed by atoms with Crippen LogP contribution in [0.3, 0.4) is 0 Å². The lowest BCUT2D eigenvalue weighted by Crippen LogP contribution is -2.34. The summed E-state index contributed by atoms with van der Waals surface area (Å²) in [6.45, 7) is 2.35. The highest BCUT2D eigenvalue weighted by Gasteiger charge is 2.30. The Morgan fingerprint density at radius 1 is 0.857 bits per heavy atom. The fourth-order valence-electron chi connectivity index (χ4n) is 4.18. The second-order valence-electron chi connectivity index (χ2n) is 6.64. The van der Waals surface area contributed by atoms with Gasteiger partial charge < -0.3 is 4.90 Å². The van der Waals surface area contributed by atoms with Gasteiger partial charge in [-0.1, -0.05) is 42.5 Å². The van der Waals surface area contributed by atoms with Gasteiger partial charge in [0.05, 0.1) is 0 Å². The van der Waals surface area contributed by atoms with E-state index >= 15 is 0 Å². The molecular weight excluding hydrogens is 254 g/mol. The predicted molar refractivity (Wildman–Crippen MR) is 89.2 cm³/mol. The monoisotopic (exact) mass is 277 g/mol. The molecule has 1 aliphatic carbocycles. The summed E-state index contributed by atoms with van der Waals surface area (Å²) in [4.78, 5) is 2.51. The maximum Gasteiger partial charge on any atom is 0.0437 e. The number of rotatable bonds is 1. The number of aryl methyl sites for hydroxylation is 2. The van der Waals surface area contributed by atoms with E-state index in [-0.39, 0.29) is 0 Å². The highest BCUT2D eigenvalue weighted by atomic mass is 15.1. The van der Waals surface area contributed by atoms with E-state index < -0.39 is 0 Å². The van der Waals surface area contributed by atoms with Crippen LogP contribution in [0.5, 0.6) is 0 Å². The van der Waals surface area contributed by atoms with Crippen LogP contribution in [0.4, 0.5) is 5.69 Å². The molecule has 4 rings (SSSR count). The molecule has 0 aromatic heterocycles. The molecule has 0 saturated carbocycles. The van der Waals surface area contributed by atoms with E-state index in [1.54, 1.807) is 16.7 Å². The van der Waals surface area contributed by atoms with E-state index in [4.69, 9.17) is 0 Å². The molecule has 2 aromatic rings. The molecule has 2 aromatic carbocycles. The first-order valence-corrected chi connectivity index (χ1v) is 8.18. The molecule has 0 amide bonds. The average Bonchev–Trinajstić information content (AvgIpc) is 2.94. The Labute approximate surface area is 127 Å². The topological polar surface area (TPSA) is 3.24 Å². The molecule has 0 N–H and O–H groups in total. The van der Waals surface area contributed by atoms with Crippen LogP contribution in [0, 0.1) is 0 Å². The van der Waals surface area contributed by atoms with E-state index in [9.17, 15) is 0 Å². The van der Waals surface area contributed by atoms with Gasteiger partial charge in [0.25, 0.3) is 0 Å². The first-order chi connectivity index (χ1) is 10.3. The SMILES string of the molecule is CC1CCc2cccc(C3CCc4ccccc43)c2N1C. The predicted octanol–water partition coefficient (Wildman–Crippen LogP) is 4.54. The summed E-state index contributed by atoms with van der Waals surface area (Å²) < 4.78 is 0. The molecule has 108 valence electrons. The van der Waals surface area contributed by atoms with Gasteiger partial charge in [0.1, 0.15) is 0 Å². The molecule has 1 heteroatoms. The Bertz CT molecular complexity index is 673. The van der Waals surface area contributed by atoms with Gasteiger partial charge in [-0.2, -0.15) is 0 Å². The molecule has 2 atom stereocenters. The van der Waals surface area contributed by atoms with Crippen molar-refractivity contribution in [1.29, 1.82) is 0 Å². The lowest BCUT2D eigenvalue weighted by Gasteiger charge is -2.37. The maximum absolute atomic E-state index is 2.51. The van der Waals surface area contributed by atoms with Crippen LogP contribution >= 0.6 is 0 Å². The van der Waals surface area contributed by atoms with Crippen LogP contribution in [-0.2, 0) is 12.8 Å². The Hall–Kier alpha value is -1.76. The van der Waals surface area contributed by atoms with Gasteiger partial charge in [-0.25, -0.2) is 0 Å². The minimum atomic E-state index is 0.587. The van der Waals surface area contributed by atoms with Gasteiger partial charge in [-0.15, -0.1) is 0 Å². The Morgan fingerprint density at radius 3 is 2.48 bits per heavy atom. The number of hydrogen-bond donors (Lipinski definition) is 0. The van der Waals surface area contributed by atoms with Crippen LogP contribution < -0.4 is 4.90 Å². The smallest absolute Gasteiger partial charge is 0.0437 e. The Balaban J connectivity index is 1.84. The molecule has 1 aliphatic heterocycles. The first kappa shape index (κ1) is 12.9. The van der Waals surface area contributed by atoms with Crippen molar-refractivity contribution >= 4 is 5.69 Å². The molecule has 1 heterocycles. The summed E-state index contributed by atoms with van der Waals surface area (Å²) >= 11 is 0. The minimum Gasteiger partial charge on any atom is -0.371 e. The summed E-state index contributed by atoms with van der Waals surface area (Å²) in [6, 6.07) is 16.6. The summed E-state index contributed by atoms with van der Waals surface area (Å²) in [5.74, 6) is 0.587. The van der Waals surface area contributed by atoms with Crippen molar-refractivity contribution in [3.63, 3.8) is 0 Å². The molecular formula is C20H23N. The summed E-state index contributed by atoms with van der Waals surface area (Å²) in [7, 11) is 2.27. The van der Waals surface area contributed by atoms with E-state index in [0.717, 1.165) is 0 Å². The van der Waals surface area contributed by atoms with E-state index in [0.29, 0.717) is 12.0 Å². The maximum atomic E-state index is 2.51. The molecule has 0 spiro atoms. The zero-order valence-corrected chi connectivity index (χ0v) is 13.0. The van der Waals surface area contributed by atoms with E-state index in [2.05, 4.69) is 61.3 Å². The summed E-state index contributed by atoms with van der Waals surface area (Å²) in [5, 5.41) is 0. The van der Waals surface area contributed by atoms with Crippen molar-refractivity contribution in [2.45, 2.75) is 44.6 Å². The van der Waals surface area contributed by atoms with Gasteiger partial charge in [-0.05, 0) is 54.9 Å². The number of para-hydroxylation sites is 1.